The smallest absolute Gasteiger partial charge is 0.251 e. The third kappa shape index (κ3) is 3.87. The van der Waals surface area contributed by atoms with E-state index < -0.39 is 0 Å². The molecule has 0 saturated carbocycles. The lowest BCUT2D eigenvalue weighted by Gasteiger charge is -2.13. The van der Waals surface area contributed by atoms with E-state index >= 15 is 0 Å². The van der Waals surface area contributed by atoms with E-state index in [9.17, 15) is 4.79 Å². The Kier molecular flexibility index (Phi) is 5.12. The molecule has 2 aromatic rings. The number of amides is 1. The molecule has 0 aromatic heterocycles. The lowest BCUT2D eigenvalue weighted by molar-refractivity contribution is 0.0950. The monoisotopic (exact) mass is 341 g/mol. The summed E-state index contributed by atoms with van der Waals surface area (Å²) in [6, 6.07) is 11.1. The molecule has 0 bridgehead atoms. The summed E-state index contributed by atoms with van der Waals surface area (Å²) in [7, 11) is 1.58. The minimum absolute atomic E-state index is 0.156. The number of fused-ring (bicyclic) bond motifs is 1. The molecule has 1 aliphatic heterocycles. The SMILES string of the molecule is CCOc1cc2c(cc1CNC(=O)c1cccc(OC)c1)O[C@@H](C)C2. The number of ether oxygens (including phenoxy) is 3. The number of benzene rings is 2. The van der Waals surface area contributed by atoms with Gasteiger partial charge in [-0.3, -0.25) is 4.79 Å². The van der Waals surface area contributed by atoms with Crippen molar-refractivity contribution >= 4 is 5.91 Å². The van der Waals surface area contributed by atoms with Gasteiger partial charge in [0.05, 0.1) is 13.7 Å². The van der Waals surface area contributed by atoms with Crippen LogP contribution in [-0.2, 0) is 13.0 Å². The zero-order valence-corrected chi connectivity index (χ0v) is 14.8. The Morgan fingerprint density at radius 2 is 2.16 bits per heavy atom. The van der Waals surface area contributed by atoms with Crippen molar-refractivity contribution in [1.29, 1.82) is 0 Å². The zero-order valence-electron chi connectivity index (χ0n) is 14.8. The molecule has 0 radical (unpaired) electrons. The van der Waals surface area contributed by atoms with Crippen LogP contribution in [0.4, 0.5) is 0 Å². The van der Waals surface area contributed by atoms with Gasteiger partial charge in [0, 0.05) is 29.7 Å². The summed E-state index contributed by atoms with van der Waals surface area (Å²) < 4.78 is 16.7. The van der Waals surface area contributed by atoms with Crippen LogP contribution in [0.5, 0.6) is 17.2 Å². The molecular weight excluding hydrogens is 318 g/mol. The van der Waals surface area contributed by atoms with Crippen molar-refractivity contribution in [2.45, 2.75) is 32.9 Å². The molecule has 0 aliphatic carbocycles. The lowest BCUT2D eigenvalue weighted by atomic mass is 10.1. The maximum atomic E-state index is 12.4. The second-order valence-electron chi connectivity index (χ2n) is 6.05. The van der Waals surface area contributed by atoms with E-state index in [2.05, 4.69) is 5.32 Å². The Bertz CT molecular complexity index is 772. The lowest BCUT2D eigenvalue weighted by Crippen LogP contribution is -2.23. The van der Waals surface area contributed by atoms with Crippen molar-refractivity contribution in [2.75, 3.05) is 13.7 Å². The number of carbonyl (C=O) groups is 1. The van der Waals surface area contributed by atoms with E-state index in [-0.39, 0.29) is 12.0 Å². The fraction of sp³-hybridized carbons (Fsp3) is 0.350. The zero-order chi connectivity index (χ0) is 17.8. The van der Waals surface area contributed by atoms with E-state index in [0.29, 0.717) is 24.5 Å². The Morgan fingerprint density at radius 1 is 1.32 bits per heavy atom. The van der Waals surface area contributed by atoms with E-state index in [1.54, 1.807) is 25.3 Å². The molecule has 5 heteroatoms. The predicted molar refractivity (Wildman–Crippen MR) is 95.6 cm³/mol. The average molecular weight is 341 g/mol. The van der Waals surface area contributed by atoms with Crippen LogP contribution in [0.3, 0.4) is 0 Å². The maximum absolute atomic E-state index is 12.4. The molecular formula is C20H23NO4. The standard InChI is InChI=1S/C20H23NO4/c1-4-24-18-10-15-8-13(2)25-19(15)11-16(18)12-21-20(22)14-6-5-7-17(9-14)23-3/h5-7,9-11,13H,4,8,12H2,1-3H3,(H,21,22)/t13-/m0/s1. The van der Waals surface area contributed by atoms with Crippen molar-refractivity contribution in [3.8, 4) is 17.2 Å². The highest BCUT2D eigenvalue weighted by Crippen LogP contribution is 2.35. The van der Waals surface area contributed by atoms with Gasteiger partial charge in [0.2, 0.25) is 0 Å². The third-order valence-electron chi connectivity index (χ3n) is 4.15. The fourth-order valence-corrected chi connectivity index (χ4v) is 2.95. The van der Waals surface area contributed by atoms with Crippen molar-refractivity contribution in [1.82, 2.24) is 5.32 Å². The highest BCUT2D eigenvalue weighted by molar-refractivity contribution is 5.94. The van der Waals surface area contributed by atoms with Gasteiger partial charge in [-0.2, -0.15) is 0 Å². The molecule has 1 heterocycles. The van der Waals surface area contributed by atoms with Crippen LogP contribution in [0.1, 0.15) is 35.3 Å². The Morgan fingerprint density at radius 3 is 2.92 bits per heavy atom. The minimum atomic E-state index is -0.156. The first-order chi connectivity index (χ1) is 12.1. The summed E-state index contributed by atoms with van der Waals surface area (Å²) in [6.45, 7) is 4.94. The Balaban J connectivity index is 1.75. The van der Waals surface area contributed by atoms with Crippen LogP contribution in [0.2, 0.25) is 0 Å². The quantitative estimate of drug-likeness (QED) is 0.875. The molecule has 5 nitrogen and oxygen atoms in total. The predicted octanol–water partition coefficient (Wildman–Crippen LogP) is 3.35. The molecule has 1 aliphatic rings. The number of hydrogen-bond acceptors (Lipinski definition) is 4. The van der Waals surface area contributed by atoms with Crippen molar-refractivity contribution in [2.24, 2.45) is 0 Å². The van der Waals surface area contributed by atoms with Gasteiger partial charge < -0.3 is 19.5 Å². The summed E-state index contributed by atoms with van der Waals surface area (Å²) in [5.74, 6) is 2.17. The first-order valence-electron chi connectivity index (χ1n) is 8.48. The first kappa shape index (κ1) is 17.1. The summed E-state index contributed by atoms with van der Waals surface area (Å²) in [5.41, 5.74) is 2.62. The van der Waals surface area contributed by atoms with Crippen molar-refractivity contribution in [3.05, 3.63) is 53.1 Å². The van der Waals surface area contributed by atoms with Gasteiger partial charge >= 0.3 is 0 Å². The topological polar surface area (TPSA) is 56.8 Å². The molecule has 1 N–H and O–H groups in total. The number of methoxy groups -OCH3 is 1. The van der Waals surface area contributed by atoms with Gasteiger partial charge in [-0.05, 0) is 44.2 Å². The van der Waals surface area contributed by atoms with Gasteiger partial charge in [0.15, 0.2) is 0 Å². The van der Waals surface area contributed by atoms with Gasteiger partial charge in [-0.15, -0.1) is 0 Å². The number of carbonyl (C=O) groups excluding carboxylic acids is 1. The second kappa shape index (κ2) is 7.47. The molecule has 2 aromatic carbocycles. The van der Waals surface area contributed by atoms with Gasteiger partial charge in [0.25, 0.3) is 5.91 Å². The number of hydrogen-bond donors (Lipinski definition) is 1. The highest BCUT2D eigenvalue weighted by Gasteiger charge is 2.22. The molecule has 1 atom stereocenters. The van der Waals surface area contributed by atoms with Gasteiger partial charge in [-0.25, -0.2) is 0 Å². The van der Waals surface area contributed by atoms with Gasteiger partial charge in [0.1, 0.15) is 23.4 Å². The molecule has 3 rings (SSSR count). The normalized spacial score (nSPS) is 15.2. The van der Waals surface area contributed by atoms with Crippen LogP contribution < -0.4 is 19.5 Å². The van der Waals surface area contributed by atoms with Gasteiger partial charge in [-0.1, -0.05) is 6.07 Å². The molecule has 1 amide bonds. The number of nitrogens with one attached hydrogen (secondary N) is 1. The fourth-order valence-electron chi connectivity index (χ4n) is 2.95. The Hall–Kier alpha value is -2.69. The van der Waals surface area contributed by atoms with E-state index in [1.165, 1.54) is 0 Å². The molecule has 0 fully saturated rings. The summed E-state index contributed by atoms with van der Waals surface area (Å²) in [4.78, 5) is 12.4. The maximum Gasteiger partial charge on any atom is 0.251 e. The molecule has 132 valence electrons. The van der Waals surface area contributed by atoms with E-state index in [1.807, 2.05) is 32.0 Å². The van der Waals surface area contributed by atoms with Crippen LogP contribution in [0, 0.1) is 0 Å². The first-order valence-corrected chi connectivity index (χ1v) is 8.48. The summed E-state index contributed by atoms with van der Waals surface area (Å²) in [5, 5.41) is 2.94. The van der Waals surface area contributed by atoms with Crippen molar-refractivity contribution < 1.29 is 19.0 Å². The van der Waals surface area contributed by atoms with Crippen LogP contribution in [-0.4, -0.2) is 25.7 Å². The van der Waals surface area contributed by atoms with Crippen LogP contribution in [0.15, 0.2) is 36.4 Å². The molecule has 25 heavy (non-hydrogen) atoms. The minimum Gasteiger partial charge on any atom is -0.497 e. The van der Waals surface area contributed by atoms with Crippen LogP contribution in [0.25, 0.3) is 0 Å². The highest BCUT2D eigenvalue weighted by atomic mass is 16.5. The van der Waals surface area contributed by atoms with Crippen molar-refractivity contribution in [3.63, 3.8) is 0 Å². The van der Waals surface area contributed by atoms with E-state index in [0.717, 1.165) is 29.0 Å². The summed E-state index contributed by atoms with van der Waals surface area (Å²) >= 11 is 0. The Labute approximate surface area is 147 Å². The summed E-state index contributed by atoms with van der Waals surface area (Å²) in [6.07, 6.45) is 1.05. The van der Waals surface area contributed by atoms with E-state index in [4.69, 9.17) is 14.2 Å². The average Bonchev–Trinajstić information content (AvgIpc) is 2.98. The second-order valence-corrected chi connectivity index (χ2v) is 6.05. The molecule has 0 saturated heterocycles. The third-order valence-corrected chi connectivity index (χ3v) is 4.15. The molecule has 0 unspecified atom stereocenters. The number of rotatable bonds is 6. The molecule has 0 spiro atoms. The largest absolute Gasteiger partial charge is 0.497 e. The van der Waals surface area contributed by atoms with Crippen LogP contribution >= 0.6 is 0 Å².